The smallest absolute Gasteiger partial charge is 0.303 e. The van der Waals surface area contributed by atoms with E-state index in [4.69, 9.17) is 10.2 Å². The van der Waals surface area contributed by atoms with Crippen LogP contribution in [0.3, 0.4) is 0 Å². The lowest BCUT2D eigenvalue weighted by atomic mass is 10.1. The van der Waals surface area contributed by atoms with E-state index in [2.05, 4.69) is 13.8 Å². The number of rotatable bonds is 12. The molecule has 0 bridgehead atoms. The molecule has 0 fully saturated rings. The summed E-state index contributed by atoms with van der Waals surface area (Å²) in [4.78, 5) is 20.1. The molecule has 0 atom stereocenters. The molecule has 0 aliphatic rings. The van der Waals surface area contributed by atoms with Gasteiger partial charge in [0.25, 0.3) is 0 Å². The average molecular weight is 288 g/mol. The minimum atomic E-state index is -0.784. The van der Waals surface area contributed by atoms with E-state index in [-0.39, 0.29) is 12.8 Å². The molecule has 0 aromatic carbocycles. The summed E-state index contributed by atoms with van der Waals surface area (Å²) in [6.45, 7) is 4.51. The van der Waals surface area contributed by atoms with Crippen molar-refractivity contribution < 1.29 is 19.8 Å². The van der Waals surface area contributed by atoms with Gasteiger partial charge >= 0.3 is 11.9 Å². The molecular weight excluding hydrogens is 256 g/mol. The van der Waals surface area contributed by atoms with Crippen LogP contribution < -0.4 is 0 Å². The number of hydrogen-bond acceptors (Lipinski definition) is 2. The van der Waals surface area contributed by atoms with Crippen LogP contribution in [0, 0.1) is 0 Å². The third-order valence-corrected chi connectivity index (χ3v) is 2.99. The Bertz CT molecular complexity index is 203. The average Bonchev–Trinajstić information content (AvgIpc) is 2.39. The SMILES string of the molecule is CCCCCCCC.O=C(O)CCCCCCC(=O)O. The largest absolute Gasteiger partial charge is 0.481 e. The Hall–Kier alpha value is -1.06. The first-order chi connectivity index (χ1) is 9.54. The zero-order valence-corrected chi connectivity index (χ0v) is 13.2. The van der Waals surface area contributed by atoms with Crippen molar-refractivity contribution in [1.29, 1.82) is 0 Å². The molecule has 0 aromatic heterocycles. The zero-order chi connectivity index (χ0) is 15.6. The van der Waals surface area contributed by atoms with Crippen molar-refractivity contribution >= 4 is 11.9 Å². The number of unbranched alkanes of at least 4 members (excludes halogenated alkanes) is 8. The molecule has 4 heteroatoms. The second kappa shape index (κ2) is 17.9. The lowest BCUT2D eigenvalue weighted by Gasteiger charge is -1.96. The van der Waals surface area contributed by atoms with Crippen LogP contribution in [0.2, 0.25) is 0 Å². The van der Waals surface area contributed by atoms with Crippen molar-refractivity contribution in [2.45, 2.75) is 90.9 Å². The normalized spacial score (nSPS) is 9.70. The van der Waals surface area contributed by atoms with Crippen LogP contribution in [0.5, 0.6) is 0 Å². The predicted octanol–water partition coefficient (Wildman–Crippen LogP) is 4.86. The van der Waals surface area contributed by atoms with Crippen molar-refractivity contribution in [1.82, 2.24) is 0 Å². The van der Waals surface area contributed by atoms with E-state index < -0.39 is 11.9 Å². The van der Waals surface area contributed by atoms with Gasteiger partial charge in [-0.2, -0.15) is 0 Å². The summed E-state index contributed by atoms with van der Waals surface area (Å²) in [7, 11) is 0. The maximum Gasteiger partial charge on any atom is 0.303 e. The van der Waals surface area contributed by atoms with Crippen molar-refractivity contribution in [2.75, 3.05) is 0 Å². The Morgan fingerprint density at radius 2 is 0.900 bits per heavy atom. The fourth-order valence-corrected chi connectivity index (χ4v) is 1.76. The highest BCUT2D eigenvalue weighted by Crippen LogP contribution is 2.05. The van der Waals surface area contributed by atoms with Gasteiger partial charge in [-0.25, -0.2) is 0 Å². The molecule has 20 heavy (non-hydrogen) atoms. The van der Waals surface area contributed by atoms with Crippen LogP contribution in [0.15, 0.2) is 0 Å². The lowest BCUT2D eigenvalue weighted by molar-refractivity contribution is -0.138. The minimum absolute atomic E-state index is 0.188. The maximum absolute atomic E-state index is 10.0. The van der Waals surface area contributed by atoms with Gasteiger partial charge in [0.2, 0.25) is 0 Å². The summed E-state index contributed by atoms with van der Waals surface area (Å²) in [5.41, 5.74) is 0. The van der Waals surface area contributed by atoms with Gasteiger partial charge < -0.3 is 10.2 Å². The summed E-state index contributed by atoms with van der Waals surface area (Å²) in [6.07, 6.45) is 11.8. The summed E-state index contributed by atoms with van der Waals surface area (Å²) < 4.78 is 0. The molecule has 0 heterocycles. The van der Waals surface area contributed by atoms with Crippen molar-refractivity contribution in [3.8, 4) is 0 Å². The van der Waals surface area contributed by atoms with E-state index >= 15 is 0 Å². The highest BCUT2D eigenvalue weighted by atomic mass is 16.4. The van der Waals surface area contributed by atoms with Gasteiger partial charge in [0.1, 0.15) is 0 Å². The third kappa shape index (κ3) is 25.7. The van der Waals surface area contributed by atoms with Crippen LogP contribution in [0.1, 0.15) is 90.9 Å². The fourth-order valence-electron chi connectivity index (χ4n) is 1.76. The molecule has 0 amide bonds. The van der Waals surface area contributed by atoms with Crippen LogP contribution in [-0.4, -0.2) is 22.2 Å². The molecule has 2 N–H and O–H groups in total. The van der Waals surface area contributed by atoms with Gasteiger partial charge in [-0.15, -0.1) is 0 Å². The Labute approximate surface area is 123 Å². The second-order valence-corrected chi connectivity index (χ2v) is 5.12. The van der Waals surface area contributed by atoms with Crippen LogP contribution >= 0.6 is 0 Å². The Morgan fingerprint density at radius 3 is 1.15 bits per heavy atom. The zero-order valence-electron chi connectivity index (χ0n) is 13.2. The summed E-state index contributed by atoms with van der Waals surface area (Å²) >= 11 is 0. The lowest BCUT2D eigenvalue weighted by Crippen LogP contribution is -1.95. The standard InChI is InChI=1S/C8H14O4.C8H18/c9-7(10)5-3-1-2-4-6-8(11)12;1-3-5-7-8-6-4-2/h1-6H2,(H,9,10)(H,11,12);3-8H2,1-2H3. The molecule has 4 nitrogen and oxygen atoms in total. The van der Waals surface area contributed by atoms with Gasteiger partial charge in [-0.3, -0.25) is 9.59 Å². The van der Waals surface area contributed by atoms with Crippen molar-refractivity contribution in [2.24, 2.45) is 0 Å². The number of aliphatic carboxylic acids is 2. The monoisotopic (exact) mass is 288 g/mol. The van der Waals surface area contributed by atoms with E-state index in [0.717, 1.165) is 12.8 Å². The van der Waals surface area contributed by atoms with Crippen LogP contribution in [0.25, 0.3) is 0 Å². The third-order valence-electron chi connectivity index (χ3n) is 2.99. The van der Waals surface area contributed by atoms with E-state index in [1.165, 1.54) is 38.5 Å². The molecule has 0 aromatic rings. The van der Waals surface area contributed by atoms with Gasteiger partial charge in [0.15, 0.2) is 0 Å². The van der Waals surface area contributed by atoms with Gasteiger partial charge in [-0.05, 0) is 12.8 Å². The van der Waals surface area contributed by atoms with E-state index in [1.807, 2.05) is 0 Å². The number of carboxylic acids is 2. The molecule has 0 aliphatic heterocycles. The van der Waals surface area contributed by atoms with Crippen molar-refractivity contribution in [3.63, 3.8) is 0 Å². The molecule has 0 aliphatic carbocycles. The Kier molecular flexibility index (Phi) is 19.1. The molecule has 0 rings (SSSR count). The predicted molar refractivity (Wildman–Crippen MR) is 82.0 cm³/mol. The molecular formula is C16H32O4. The summed E-state index contributed by atoms with van der Waals surface area (Å²) in [6, 6.07) is 0. The first kappa shape index (κ1) is 21.2. The van der Waals surface area contributed by atoms with Crippen LogP contribution in [0.4, 0.5) is 0 Å². The first-order valence-corrected chi connectivity index (χ1v) is 7.98. The van der Waals surface area contributed by atoms with E-state index in [1.54, 1.807) is 0 Å². The quantitative estimate of drug-likeness (QED) is 0.503. The number of carboxylic acid groups (broad SMARTS) is 2. The molecule has 0 unspecified atom stereocenters. The second-order valence-electron chi connectivity index (χ2n) is 5.12. The number of carbonyl (C=O) groups is 2. The highest BCUT2D eigenvalue weighted by molar-refractivity contribution is 5.66. The highest BCUT2D eigenvalue weighted by Gasteiger charge is 1.98. The van der Waals surface area contributed by atoms with Gasteiger partial charge in [0.05, 0.1) is 0 Å². The number of hydrogen-bond donors (Lipinski definition) is 2. The minimum Gasteiger partial charge on any atom is -0.481 e. The molecule has 0 spiro atoms. The summed E-state index contributed by atoms with van der Waals surface area (Å²) in [5.74, 6) is -1.57. The fraction of sp³-hybridized carbons (Fsp3) is 0.875. The summed E-state index contributed by atoms with van der Waals surface area (Å²) in [5, 5.41) is 16.5. The van der Waals surface area contributed by atoms with E-state index in [9.17, 15) is 9.59 Å². The first-order valence-electron chi connectivity index (χ1n) is 7.98. The molecule has 0 radical (unpaired) electrons. The van der Waals surface area contributed by atoms with Crippen molar-refractivity contribution in [3.05, 3.63) is 0 Å². The van der Waals surface area contributed by atoms with Gasteiger partial charge in [0, 0.05) is 12.8 Å². The van der Waals surface area contributed by atoms with Crippen LogP contribution in [-0.2, 0) is 9.59 Å². The Balaban J connectivity index is 0. The maximum atomic E-state index is 10.0. The van der Waals surface area contributed by atoms with Gasteiger partial charge in [-0.1, -0.05) is 65.2 Å². The Morgan fingerprint density at radius 1 is 0.600 bits per heavy atom. The molecule has 0 saturated heterocycles. The van der Waals surface area contributed by atoms with E-state index in [0.29, 0.717) is 12.8 Å². The topological polar surface area (TPSA) is 74.6 Å². The molecule has 0 saturated carbocycles. The molecule has 120 valence electrons.